The number of rotatable bonds is 2. The average Bonchev–Trinajstić information content (AvgIpc) is 2.37. The summed E-state index contributed by atoms with van der Waals surface area (Å²) in [5.74, 6) is -2.47. The van der Waals surface area contributed by atoms with Crippen molar-refractivity contribution in [3.05, 3.63) is 0 Å². The molecule has 4 nitrogen and oxygen atoms in total. The zero-order valence-electron chi connectivity index (χ0n) is 5.12. The van der Waals surface area contributed by atoms with Gasteiger partial charge in [0.15, 0.2) is 5.41 Å². The van der Waals surface area contributed by atoms with E-state index in [9.17, 15) is 9.59 Å². The third kappa shape index (κ3) is 1.05. The number of carboxylic acid groups (broad SMARTS) is 2. The second-order valence-corrected chi connectivity index (χ2v) is 4.97. The van der Waals surface area contributed by atoms with Gasteiger partial charge in [0, 0.05) is 0 Å². The molecule has 2 N–H and O–H groups in total. The molecule has 0 spiro atoms. The maximum atomic E-state index is 10.6. The lowest BCUT2D eigenvalue weighted by molar-refractivity contribution is -0.156. The summed E-state index contributed by atoms with van der Waals surface area (Å²) in [4.78, 5) is 21.1. The molecule has 2 atom stereocenters. The maximum Gasteiger partial charge on any atom is 0.323 e. The van der Waals surface area contributed by atoms with Gasteiger partial charge >= 0.3 is 11.9 Å². The van der Waals surface area contributed by atoms with Crippen LogP contribution in [0.2, 0.25) is 0 Å². The van der Waals surface area contributed by atoms with Gasteiger partial charge in [-0.2, -0.15) is 0 Å². The van der Waals surface area contributed by atoms with Crippen LogP contribution in [0.3, 0.4) is 0 Å². The van der Waals surface area contributed by atoms with Crippen LogP contribution in [0.4, 0.5) is 0 Å². The van der Waals surface area contributed by atoms with Gasteiger partial charge in [-0.05, 0) is 0 Å². The van der Waals surface area contributed by atoms with Crippen LogP contribution < -0.4 is 0 Å². The Bertz CT molecular complexity index is 203. The Morgan fingerprint density at radius 2 is 1.36 bits per heavy atom. The predicted molar refractivity (Wildman–Crippen MR) is 53.3 cm³/mol. The standard InChI is InChI=1S/C5H4I2O4/c6-1-2(7)5(1,3(8)9)4(10)11/h1-2H,(H,8,9)(H,10,11). The van der Waals surface area contributed by atoms with Crippen molar-refractivity contribution >= 4 is 57.1 Å². The molecule has 2 unspecified atom stereocenters. The van der Waals surface area contributed by atoms with Gasteiger partial charge in [0.05, 0.1) is 7.85 Å². The topological polar surface area (TPSA) is 74.6 Å². The van der Waals surface area contributed by atoms with Crippen LogP contribution in [0, 0.1) is 5.41 Å². The molecule has 0 aromatic rings. The van der Waals surface area contributed by atoms with E-state index in [2.05, 4.69) is 0 Å². The quantitative estimate of drug-likeness (QED) is 0.421. The summed E-state index contributed by atoms with van der Waals surface area (Å²) in [5, 5.41) is 17.2. The Morgan fingerprint density at radius 3 is 1.36 bits per heavy atom. The Morgan fingerprint density at radius 1 is 1.09 bits per heavy atom. The lowest BCUT2D eigenvalue weighted by Gasteiger charge is -2.02. The van der Waals surface area contributed by atoms with Crippen molar-refractivity contribution in [3.8, 4) is 0 Å². The lowest BCUT2D eigenvalue weighted by Crippen LogP contribution is -2.29. The fourth-order valence-corrected chi connectivity index (χ4v) is 4.12. The van der Waals surface area contributed by atoms with E-state index in [0.29, 0.717) is 0 Å². The van der Waals surface area contributed by atoms with Crippen molar-refractivity contribution in [2.45, 2.75) is 7.85 Å². The molecule has 1 aliphatic carbocycles. The summed E-state index contributed by atoms with van der Waals surface area (Å²) in [7, 11) is 0. The Labute approximate surface area is 89.6 Å². The highest BCUT2D eigenvalue weighted by Gasteiger charge is 2.74. The fraction of sp³-hybridized carbons (Fsp3) is 0.600. The summed E-state index contributed by atoms with van der Waals surface area (Å²) < 4.78 is -0.591. The minimum Gasteiger partial charge on any atom is -0.480 e. The second-order valence-electron chi connectivity index (χ2n) is 2.28. The van der Waals surface area contributed by atoms with E-state index in [0.717, 1.165) is 0 Å². The molecule has 0 bridgehead atoms. The number of alkyl halides is 2. The highest BCUT2D eigenvalue weighted by Crippen LogP contribution is 2.57. The number of carboxylic acids is 2. The van der Waals surface area contributed by atoms with Crippen LogP contribution in [0.5, 0.6) is 0 Å². The van der Waals surface area contributed by atoms with E-state index in [1.165, 1.54) is 0 Å². The smallest absolute Gasteiger partial charge is 0.323 e. The molecule has 1 fully saturated rings. The summed E-state index contributed by atoms with van der Waals surface area (Å²) in [5.41, 5.74) is -1.53. The minimum absolute atomic E-state index is 0.296. The highest BCUT2D eigenvalue weighted by atomic mass is 127. The molecule has 0 aromatic carbocycles. The lowest BCUT2D eigenvalue weighted by atomic mass is 10.1. The van der Waals surface area contributed by atoms with Crippen LogP contribution in [-0.4, -0.2) is 30.0 Å². The molecule has 0 aliphatic heterocycles. The molecular formula is C5H4I2O4. The van der Waals surface area contributed by atoms with Gasteiger partial charge < -0.3 is 10.2 Å². The second kappa shape index (κ2) is 2.71. The first-order valence-electron chi connectivity index (χ1n) is 2.70. The summed E-state index contributed by atoms with van der Waals surface area (Å²) >= 11 is 3.71. The van der Waals surface area contributed by atoms with E-state index in [4.69, 9.17) is 10.2 Å². The normalized spacial score (nSPS) is 32.9. The van der Waals surface area contributed by atoms with Gasteiger partial charge in [-0.15, -0.1) is 0 Å². The van der Waals surface area contributed by atoms with Crippen molar-refractivity contribution in [2.24, 2.45) is 5.41 Å². The largest absolute Gasteiger partial charge is 0.480 e. The van der Waals surface area contributed by atoms with Crippen LogP contribution >= 0.6 is 45.2 Å². The summed E-state index contributed by atoms with van der Waals surface area (Å²) in [6.07, 6.45) is 0. The van der Waals surface area contributed by atoms with Crippen molar-refractivity contribution in [3.63, 3.8) is 0 Å². The maximum absolute atomic E-state index is 10.6. The first kappa shape index (κ1) is 9.49. The fourth-order valence-electron chi connectivity index (χ4n) is 0.869. The third-order valence-corrected chi connectivity index (χ3v) is 6.50. The zero-order chi connectivity index (χ0) is 8.81. The van der Waals surface area contributed by atoms with Crippen LogP contribution in [0.15, 0.2) is 0 Å². The van der Waals surface area contributed by atoms with Gasteiger partial charge in [0.2, 0.25) is 0 Å². The number of hydrogen-bond acceptors (Lipinski definition) is 2. The van der Waals surface area contributed by atoms with E-state index >= 15 is 0 Å². The van der Waals surface area contributed by atoms with E-state index < -0.39 is 17.4 Å². The molecule has 0 heterocycles. The van der Waals surface area contributed by atoms with Crippen molar-refractivity contribution < 1.29 is 19.8 Å². The molecule has 11 heavy (non-hydrogen) atoms. The monoisotopic (exact) mass is 382 g/mol. The van der Waals surface area contributed by atoms with E-state index in [1.54, 1.807) is 0 Å². The Kier molecular flexibility index (Phi) is 2.34. The van der Waals surface area contributed by atoms with Crippen molar-refractivity contribution in [2.75, 3.05) is 0 Å². The molecule has 0 radical (unpaired) electrons. The number of aliphatic carboxylic acids is 2. The van der Waals surface area contributed by atoms with Gasteiger partial charge in [-0.25, -0.2) is 0 Å². The highest BCUT2D eigenvalue weighted by molar-refractivity contribution is 14.1. The first-order chi connectivity index (χ1) is 4.95. The molecule has 1 rings (SSSR count). The zero-order valence-corrected chi connectivity index (χ0v) is 9.44. The molecule has 6 heteroatoms. The molecule has 1 saturated carbocycles. The van der Waals surface area contributed by atoms with E-state index in [1.807, 2.05) is 45.2 Å². The molecule has 0 amide bonds. The summed E-state index contributed by atoms with van der Waals surface area (Å²) in [6.45, 7) is 0. The molecule has 0 saturated heterocycles. The van der Waals surface area contributed by atoms with Crippen LogP contribution in [0.1, 0.15) is 0 Å². The predicted octanol–water partition coefficient (Wildman–Crippen LogP) is 0.763. The average molecular weight is 382 g/mol. The minimum atomic E-state index is -1.53. The molecule has 1 aliphatic rings. The van der Waals surface area contributed by atoms with Gasteiger partial charge in [0.25, 0.3) is 0 Å². The SMILES string of the molecule is O=C(O)C1(C(=O)O)C(I)C1I. The molecule has 0 aromatic heterocycles. The Balaban J connectivity index is 2.96. The van der Waals surface area contributed by atoms with Crippen molar-refractivity contribution in [1.82, 2.24) is 0 Å². The van der Waals surface area contributed by atoms with Gasteiger partial charge in [-0.3, -0.25) is 9.59 Å². The van der Waals surface area contributed by atoms with Crippen LogP contribution in [0.25, 0.3) is 0 Å². The number of halogens is 2. The molecular weight excluding hydrogens is 378 g/mol. The third-order valence-electron chi connectivity index (χ3n) is 1.73. The first-order valence-corrected chi connectivity index (χ1v) is 5.19. The van der Waals surface area contributed by atoms with Gasteiger partial charge in [-0.1, -0.05) is 45.2 Å². The number of hydrogen-bond donors (Lipinski definition) is 2. The number of carbonyl (C=O) groups is 2. The van der Waals surface area contributed by atoms with E-state index in [-0.39, 0.29) is 7.85 Å². The Hall–Kier alpha value is 0.400. The van der Waals surface area contributed by atoms with Crippen LogP contribution in [-0.2, 0) is 9.59 Å². The van der Waals surface area contributed by atoms with Gasteiger partial charge in [0.1, 0.15) is 0 Å². The summed E-state index contributed by atoms with van der Waals surface area (Å²) in [6, 6.07) is 0. The van der Waals surface area contributed by atoms with Crippen molar-refractivity contribution in [1.29, 1.82) is 0 Å². The molecule has 62 valence electrons.